The Labute approximate surface area is 125 Å². The molecule has 5 heteroatoms. The first-order valence-electron chi connectivity index (χ1n) is 7.17. The third-order valence-electron chi connectivity index (χ3n) is 3.98. The van der Waals surface area contributed by atoms with Crippen molar-refractivity contribution in [1.29, 1.82) is 0 Å². The van der Waals surface area contributed by atoms with E-state index in [1.165, 1.54) is 19.3 Å². The lowest BCUT2D eigenvalue weighted by Crippen LogP contribution is -2.38. The van der Waals surface area contributed by atoms with Gasteiger partial charge in [0.1, 0.15) is 10.7 Å². The minimum atomic E-state index is -0.110. The Balaban J connectivity index is 1.95. The van der Waals surface area contributed by atoms with Crippen LogP contribution in [0.1, 0.15) is 55.1 Å². The fraction of sp³-hybridized carbons (Fsp3) is 0.533. The van der Waals surface area contributed by atoms with Gasteiger partial charge in [0, 0.05) is 17.8 Å². The van der Waals surface area contributed by atoms with Gasteiger partial charge in [-0.25, -0.2) is 0 Å². The number of nitrogens with two attached hydrogens (primary N) is 1. The molecule has 1 aromatic rings. The molecule has 1 saturated carbocycles. The van der Waals surface area contributed by atoms with Crippen LogP contribution in [0.3, 0.4) is 0 Å². The third-order valence-corrected chi connectivity index (χ3v) is 4.21. The Morgan fingerprint density at radius 2 is 2.30 bits per heavy atom. The van der Waals surface area contributed by atoms with E-state index in [-0.39, 0.29) is 11.9 Å². The number of rotatable bonds is 4. The van der Waals surface area contributed by atoms with Crippen LogP contribution in [0.4, 0.5) is 0 Å². The van der Waals surface area contributed by atoms with Crippen LogP contribution in [-0.2, 0) is 0 Å². The van der Waals surface area contributed by atoms with Gasteiger partial charge < -0.3 is 11.1 Å². The molecule has 108 valence electrons. The number of aromatic nitrogens is 1. The van der Waals surface area contributed by atoms with E-state index in [2.05, 4.69) is 17.2 Å². The van der Waals surface area contributed by atoms with E-state index in [4.69, 9.17) is 18.0 Å². The second kappa shape index (κ2) is 6.79. The maximum Gasteiger partial charge on any atom is 0.270 e. The molecule has 1 aliphatic rings. The minimum Gasteiger partial charge on any atom is -0.389 e. The third kappa shape index (κ3) is 3.76. The van der Waals surface area contributed by atoms with E-state index in [1.54, 1.807) is 18.3 Å². The molecule has 1 amide bonds. The largest absolute Gasteiger partial charge is 0.389 e. The van der Waals surface area contributed by atoms with Gasteiger partial charge in [-0.05, 0) is 30.9 Å². The van der Waals surface area contributed by atoms with Crippen LogP contribution in [0.5, 0.6) is 0 Å². The molecular formula is C15H21N3OS. The van der Waals surface area contributed by atoms with Gasteiger partial charge in [-0.15, -0.1) is 0 Å². The Hall–Kier alpha value is -1.49. The number of amides is 1. The van der Waals surface area contributed by atoms with Crippen LogP contribution in [0.15, 0.2) is 18.3 Å². The summed E-state index contributed by atoms with van der Waals surface area (Å²) in [7, 11) is 0. The average molecular weight is 291 g/mol. The highest BCUT2D eigenvalue weighted by Crippen LogP contribution is 2.26. The number of nitrogens with zero attached hydrogens (tertiary/aromatic N) is 1. The number of carbonyl (C=O) groups is 1. The quantitative estimate of drug-likeness (QED) is 0.836. The highest BCUT2D eigenvalue weighted by molar-refractivity contribution is 7.80. The SMILES string of the molecule is CCC1CCCC(NC(=O)c2ccc(C(N)=S)cn2)C1. The van der Waals surface area contributed by atoms with Crippen molar-refractivity contribution >= 4 is 23.1 Å². The summed E-state index contributed by atoms with van der Waals surface area (Å²) in [4.78, 5) is 16.6. The highest BCUT2D eigenvalue weighted by Gasteiger charge is 2.22. The van der Waals surface area contributed by atoms with E-state index in [0.717, 1.165) is 18.8 Å². The van der Waals surface area contributed by atoms with E-state index < -0.39 is 0 Å². The molecule has 3 N–H and O–H groups in total. The van der Waals surface area contributed by atoms with Gasteiger partial charge in [-0.1, -0.05) is 38.4 Å². The van der Waals surface area contributed by atoms with E-state index >= 15 is 0 Å². The van der Waals surface area contributed by atoms with Gasteiger partial charge in [0.15, 0.2) is 0 Å². The first-order valence-corrected chi connectivity index (χ1v) is 7.57. The van der Waals surface area contributed by atoms with Gasteiger partial charge in [0.25, 0.3) is 5.91 Å². The molecule has 2 atom stereocenters. The molecule has 2 rings (SSSR count). The Kier molecular flexibility index (Phi) is 5.06. The minimum absolute atomic E-state index is 0.110. The van der Waals surface area contributed by atoms with Gasteiger partial charge in [0.05, 0.1) is 0 Å². The van der Waals surface area contributed by atoms with Crippen molar-refractivity contribution < 1.29 is 4.79 Å². The average Bonchev–Trinajstić information content (AvgIpc) is 2.47. The molecule has 0 aromatic carbocycles. The zero-order valence-electron chi connectivity index (χ0n) is 11.8. The smallest absolute Gasteiger partial charge is 0.270 e. The molecule has 0 aliphatic heterocycles. The molecule has 0 bridgehead atoms. The highest BCUT2D eigenvalue weighted by atomic mass is 32.1. The van der Waals surface area contributed by atoms with Gasteiger partial charge in [-0.2, -0.15) is 0 Å². The van der Waals surface area contributed by atoms with Gasteiger partial charge in [0.2, 0.25) is 0 Å². The van der Waals surface area contributed by atoms with Crippen LogP contribution in [-0.4, -0.2) is 21.9 Å². The second-order valence-electron chi connectivity index (χ2n) is 5.41. The number of nitrogens with one attached hydrogen (secondary N) is 1. The van der Waals surface area contributed by atoms with Crippen LogP contribution in [0.2, 0.25) is 0 Å². The molecule has 20 heavy (non-hydrogen) atoms. The monoisotopic (exact) mass is 291 g/mol. The van der Waals surface area contributed by atoms with Gasteiger partial charge >= 0.3 is 0 Å². The van der Waals surface area contributed by atoms with Crippen LogP contribution in [0.25, 0.3) is 0 Å². The lowest BCUT2D eigenvalue weighted by molar-refractivity contribution is 0.0914. The van der Waals surface area contributed by atoms with Crippen LogP contribution >= 0.6 is 12.2 Å². The number of hydrogen-bond acceptors (Lipinski definition) is 3. The molecule has 1 heterocycles. The first kappa shape index (κ1) is 14.9. The summed E-state index contributed by atoms with van der Waals surface area (Å²) in [5, 5.41) is 3.08. The molecule has 2 unspecified atom stereocenters. The van der Waals surface area contributed by atoms with Crippen molar-refractivity contribution in [2.75, 3.05) is 0 Å². The van der Waals surface area contributed by atoms with Crippen molar-refractivity contribution in [3.63, 3.8) is 0 Å². The fourth-order valence-electron chi connectivity index (χ4n) is 2.73. The lowest BCUT2D eigenvalue weighted by atomic mass is 9.84. The predicted molar refractivity (Wildman–Crippen MR) is 83.6 cm³/mol. The number of hydrogen-bond donors (Lipinski definition) is 2. The number of carbonyl (C=O) groups excluding carboxylic acids is 1. The standard InChI is InChI=1S/C15H21N3OS/c1-2-10-4-3-5-12(8-10)18-15(19)13-7-6-11(9-17-13)14(16)20/h6-7,9-10,12H,2-5,8H2,1H3,(H2,16,20)(H,18,19). The maximum atomic E-state index is 12.2. The number of thiocarbonyl (C=S) groups is 1. The summed E-state index contributed by atoms with van der Waals surface area (Å²) >= 11 is 4.87. The van der Waals surface area contributed by atoms with E-state index in [1.807, 2.05) is 0 Å². The topological polar surface area (TPSA) is 68.0 Å². The van der Waals surface area contributed by atoms with Crippen molar-refractivity contribution in [1.82, 2.24) is 10.3 Å². The zero-order valence-corrected chi connectivity index (χ0v) is 12.6. The van der Waals surface area contributed by atoms with Crippen molar-refractivity contribution in [3.8, 4) is 0 Å². The van der Waals surface area contributed by atoms with Crippen molar-refractivity contribution in [2.45, 2.75) is 45.1 Å². The first-order chi connectivity index (χ1) is 9.60. The molecule has 0 radical (unpaired) electrons. The molecule has 1 fully saturated rings. The normalized spacial score (nSPS) is 22.2. The summed E-state index contributed by atoms with van der Waals surface area (Å²) in [5.74, 6) is 0.625. The maximum absolute atomic E-state index is 12.2. The Morgan fingerprint density at radius 3 is 2.90 bits per heavy atom. The molecule has 4 nitrogen and oxygen atoms in total. The fourth-order valence-corrected chi connectivity index (χ4v) is 2.85. The molecular weight excluding hydrogens is 270 g/mol. The Bertz CT molecular complexity index is 486. The molecule has 1 aromatic heterocycles. The molecule has 0 saturated heterocycles. The van der Waals surface area contributed by atoms with Gasteiger partial charge in [-0.3, -0.25) is 9.78 Å². The lowest BCUT2D eigenvalue weighted by Gasteiger charge is -2.28. The molecule has 1 aliphatic carbocycles. The zero-order chi connectivity index (χ0) is 14.5. The van der Waals surface area contributed by atoms with Crippen molar-refractivity contribution in [2.24, 2.45) is 11.7 Å². The Morgan fingerprint density at radius 1 is 1.50 bits per heavy atom. The predicted octanol–water partition coefficient (Wildman–Crippen LogP) is 2.41. The van der Waals surface area contributed by atoms with E-state index in [0.29, 0.717) is 16.2 Å². The molecule has 0 spiro atoms. The van der Waals surface area contributed by atoms with Crippen LogP contribution in [0, 0.1) is 5.92 Å². The summed E-state index contributed by atoms with van der Waals surface area (Å²) in [6.45, 7) is 2.21. The van der Waals surface area contributed by atoms with Crippen molar-refractivity contribution in [3.05, 3.63) is 29.6 Å². The number of pyridine rings is 1. The van der Waals surface area contributed by atoms with E-state index in [9.17, 15) is 4.79 Å². The summed E-state index contributed by atoms with van der Waals surface area (Å²) < 4.78 is 0. The summed E-state index contributed by atoms with van der Waals surface area (Å²) in [5.41, 5.74) is 6.61. The second-order valence-corrected chi connectivity index (χ2v) is 5.85. The van der Waals surface area contributed by atoms with Crippen LogP contribution < -0.4 is 11.1 Å². The summed E-state index contributed by atoms with van der Waals surface area (Å²) in [6, 6.07) is 3.68. The summed E-state index contributed by atoms with van der Waals surface area (Å²) in [6.07, 6.45) is 7.35.